The Morgan fingerprint density at radius 2 is 2.10 bits per heavy atom. The molecule has 21 heavy (non-hydrogen) atoms. The largest absolute Gasteiger partial charge is 0.481 e. The molecule has 2 unspecified atom stereocenters. The average molecular weight is 300 g/mol. The van der Waals surface area contributed by atoms with E-state index in [9.17, 15) is 14.7 Å². The van der Waals surface area contributed by atoms with E-state index in [4.69, 9.17) is 9.47 Å². The first-order chi connectivity index (χ1) is 9.85. The second-order valence-corrected chi connectivity index (χ2v) is 6.15. The summed E-state index contributed by atoms with van der Waals surface area (Å²) in [6.07, 6.45) is 0. The third-order valence-corrected chi connectivity index (χ3v) is 4.05. The number of nitrogens with zero attached hydrogens (tertiary/aromatic N) is 2. The Labute approximate surface area is 124 Å². The summed E-state index contributed by atoms with van der Waals surface area (Å²) >= 11 is 0. The lowest BCUT2D eigenvalue weighted by Gasteiger charge is -2.41. The monoisotopic (exact) mass is 300 g/mol. The van der Waals surface area contributed by atoms with Crippen molar-refractivity contribution in [3.05, 3.63) is 0 Å². The van der Waals surface area contributed by atoms with Gasteiger partial charge in [0.2, 0.25) is 0 Å². The van der Waals surface area contributed by atoms with Crippen molar-refractivity contribution in [2.45, 2.75) is 32.4 Å². The van der Waals surface area contributed by atoms with Crippen LogP contribution in [-0.2, 0) is 14.3 Å². The number of carbonyl (C=O) groups excluding carboxylic acids is 1. The lowest BCUT2D eigenvalue weighted by Crippen LogP contribution is -2.57. The predicted molar refractivity (Wildman–Crippen MR) is 75.1 cm³/mol. The minimum absolute atomic E-state index is 0.129. The van der Waals surface area contributed by atoms with Gasteiger partial charge in [-0.3, -0.25) is 4.79 Å². The molecule has 2 atom stereocenters. The first kappa shape index (κ1) is 16.0. The molecule has 0 saturated carbocycles. The van der Waals surface area contributed by atoms with Crippen molar-refractivity contribution in [3.8, 4) is 0 Å². The van der Waals surface area contributed by atoms with Gasteiger partial charge in [-0.1, -0.05) is 0 Å². The van der Waals surface area contributed by atoms with Crippen LogP contribution in [0.25, 0.3) is 0 Å². The Bertz CT molecular complexity index is 412. The van der Waals surface area contributed by atoms with Gasteiger partial charge in [-0.15, -0.1) is 0 Å². The average Bonchev–Trinajstić information content (AvgIpc) is 2.87. The van der Waals surface area contributed by atoms with Gasteiger partial charge in [0.05, 0.1) is 38.0 Å². The molecule has 2 amide bonds. The highest BCUT2D eigenvalue weighted by molar-refractivity contribution is 5.77. The summed E-state index contributed by atoms with van der Waals surface area (Å²) in [6, 6.07) is -0.526. The van der Waals surface area contributed by atoms with Crippen molar-refractivity contribution in [1.82, 2.24) is 9.80 Å². The Balaban J connectivity index is 2.09. The van der Waals surface area contributed by atoms with Gasteiger partial charge in [-0.25, -0.2) is 4.79 Å². The van der Waals surface area contributed by atoms with Crippen LogP contribution >= 0.6 is 0 Å². The minimum atomic E-state index is -0.911. The van der Waals surface area contributed by atoms with Crippen LogP contribution in [0, 0.1) is 5.92 Å². The number of aliphatic carboxylic acids is 1. The van der Waals surface area contributed by atoms with Crippen molar-refractivity contribution >= 4 is 12.0 Å². The van der Waals surface area contributed by atoms with Crippen LogP contribution in [0.15, 0.2) is 0 Å². The molecular weight excluding hydrogens is 276 g/mol. The van der Waals surface area contributed by atoms with Crippen molar-refractivity contribution in [2.24, 2.45) is 5.92 Å². The molecule has 0 aromatic heterocycles. The number of morpholine rings is 1. The van der Waals surface area contributed by atoms with Crippen LogP contribution in [0.5, 0.6) is 0 Å². The van der Waals surface area contributed by atoms with E-state index in [0.29, 0.717) is 26.2 Å². The molecule has 7 nitrogen and oxygen atoms in total. The van der Waals surface area contributed by atoms with E-state index in [1.54, 1.807) is 9.80 Å². The molecule has 1 N–H and O–H groups in total. The van der Waals surface area contributed by atoms with Gasteiger partial charge in [-0.2, -0.15) is 0 Å². The van der Waals surface area contributed by atoms with Crippen molar-refractivity contribution in [2.75, 3.05) is 39.5 Å². The minimum Gasteiger partial charge on any atom is -0.481 e. The van der Waals surface area contributed by atoms with Gasteiger partial charge in [0.25, 0.3) is 0 Å². The first-order valence-electron chi connectivity index (χ1n) is 7.36. The zero-order valence-corrected chi connectivity index (χ0v) is 12.9. The molecule has 7 heteroatoms. The number of rotatable bonds is 3. The zero-order valence-electron chi connectivity index (χ0n) is 12.9. The summed E-state index contributed by atoms with van der Waals surface area (Å²) < 4.78 is 10.9. The van der Waals surface area contributed by atoms with Gasteiger partial charge in [0.1, 0.15) is 5.92 Å². The molecule has 0 spiro atoms. The number of carboxylic acids is 1. The first-order valence-corrected chi connectivity index (χ1v) is 7.36. The van der Waals surface area contributed by atoms with Gasteiger partial charge in [0, 0.05) is 13.1 Å². The summed E-state index contributed by atoms with van der Waals surface area (Å²) in [5, 5.41) is 9.25. The highest BCUT2D eigenvalue weighted by Gasteiger charge is 2.41. The predicted octanol–water partition coefficient (Wildman–Crippen LogP) is 0.639. The van der Waals surface area contributed by atoms with Crippen molar-refractivity contribution in [3.63, 3.8) is 0 Å². The third kappa shape index (κ3) is 3.47. The van der Waals surface area contributed by atoms with E-state index in [2.05, 4.69) is 0 Å². The van der Waals surface area contributed by atoms with Crippen LogP contribution in [0.4, 0.5) is 4.79 Å². The second-order valence-electron chi connectivity index (χ2n) is 6.15. The van der Waals surface area contributed by atoms with Crippen LogP contribution < -0.4 is 0 Å². The topological polar surface area (TPSA) is 79.3 Å². The fraction of sp³-hybridized carbons (Fsp3) is 0.857. The van der Waals surface area contributed by atoms with E-state index in [0.717, 1.165) is 0 Å². The van der Waals surface area contributed by atoms with Crippen LogP contribution in [0.3, 0.4) is 0 Å². The highest BCUT2D eigenvalue weighted by atomic mass is 16.5. The van der Waals surface area contributed by atoms with Gasteiger partial charge >= 0.3 is 12.0 Å². The molecule has 0 aromatic rings. The smallest absolute Gasteiger partial charge is 0.320 e. The number of carboxylic acid groups (broad SMARTS) is 1. The maximum Gasteiger partial charge on any atom is 0.320 e. The molecule has 2 saturated heterocycles. The molecular formula is C14H24N2O5. The van der Waals surface area contributed by atoms with Crippen LogP contribution in [0.1, 0.15) is 20.8 Å². The van der Waals surface area contributed by atoms with Crippen molar-refractivity contribution < 1.29 is 24.2 Å². The maximum atomic E-state index is 12.7. The Kier molecular flexibility index (Phi) is 4.73. The molecule has 2 rings (SSSR count). The van der Waals surface area contributed by atoms with E-state index in [-0.39, 0.29) is 24.8 Å². The molecule has 2 heterocycles. The van der Waals surface area contributed by atoms with Gasteiger partial charge < -0.3 is 24.4 Å². The Hall–Kier alpha value is -1.34. The normalized spacial score (nSPS) is 28.4. The van der Waals surface area contributed by atoms with E-state index >= 15 is 0 Å². The summed E-state index contributed by atoms with van der Waals surface area (Å²) in [5.74, 6) is -1.56. The fourth-order valence-electron chi connectivity index (χ4n) is 2.96. The van der Waals surface area contributed by atoms with E-state index in [1.165, 1.54) is 0 Å². The SMILES string of the molecule is CCN(C(=O)N1CCOC(C)(C)C1)C1COCC1C(=O)O. The molecule has 2 aliphatic heterocycles. The quantitative estimate of drug-likeness (QED) is 0.827. The summed E-state index contributed by atoms with van der Waals surface area (Å²) in [5.41, 5.74) is -0.369. The number of hydrogen-bond acceptors (Lipinski definition) is 4. The van der Waals surface area contributed by atoms with E-state index in [1.807, 2.05) is 20.8 Å². The lowest BCUT2D eigenvalue weighted by atomic mass is 10.0. The van der Waals surface area contributed by atoms with Crippen molar-refractivity contribution in [1.29, 1.82) is 0 Å². The maximum absolute atomic E-state index is 12.7. The number of amides is 2. The molecule has 0 radical (unpaired) electrons. The standard InChI is InChI=1S/C14H24N2O5/c1-4-16(11-8-20-7-10(11)12(17)18)13(19)15-5-6-21-14(2,3)9-15/h10-11H,4-9H2,1-3H3,(H,17,18). The van der Waals surface area contributed by atoms with Crippen LogP contribution in [0.2, 0.25) is 0 Å². The third-order valence-electron chi connectivity index (χ3n) is 4.05. The molecule has 120 valence electrons. The lowest BCUT2D eigenvalue weighted by molar-refractivity contribution is -0.143. The molecule has 0 aromatic carbocycles. The number of hydrogen-bond donors (Lipinski definition) is 1. The molecule has 0 aliphatic carbocycles. The number of likely N-dealkylation sites (N-methyl/N-ethyl adjacent to an activating group) is 1. The summed E-state index contributed by atoms with van der Waals surface area (Å²) in [7, 11) is 0. The summed E-state index contributed by atoms with van der Waals surface area (Å²) in [6.45, 7) is 8.21. The zero-order chi connectivity index (χ0) is 15.6. The van der Waals surface area contributed by atoms with Gasteiger partial charge in [0.15, 0.2) is 0 Å². The fourth-order valence-corrected chi connectivity index (χ4v) is 2.96. The number of urea groups is 1. The summed E-state index contributed by atoms with van der Waals surface area (Å²) in [4.78, 5) is 27.4. The molecule has 2 fully saturated rings. The second kappa shape index (κ2) is 6.19. The van der Waals surface area contributed by atoms with Gasteiger partial charge in [-0.05, 0) is 20.8 Å². The Morgan fingerprint density at radius 1 is 1.38 bits per heavy atom. The van der Waals surface area contributed by atoms with Crippen LogP contribution in [-0.4, -0.2) is 78.0 Å². The Morgan fingerprint density at radius 3 is 2.67 bits per heavy atom. The number of ether oxygens (including phenoxy) is 2. The highest BCUT2D eigenvalue weighted by Crippen LogP contribution is 2.23. The number of carbonyl (C=O) groups is 2. The van der Waals surface area contributed by atoms with E-state index < -0.39 is 17.9 Å². The molecule has 2 aliphatic rings. The molecule has 0 bridgehead atoms.